The van der Waals surface area contributed by atoms with Crippen LogP contribution in [0.25, 0.3) is 0 Å². The highest BCUT2D eigenvalue weighted by molar-refractivity contribution is 6.30. The maximum atomic E-state index is 13.3. The number of amides is 1. The Bertz CT molecular complexity index is 450. The highest BCUT2D eigenvalue weighted by Crippen LogP contribution is 2.14. The van der Waals surface area contributed by atoms with Gasteiger partial charge in [-0.25, -0.2) is 4.39 Å². The standard InChI is InChI=1S/C11H11ClFNO3/c1-6(11(16)17)10(15)14-5-7-4-8(12)2-3-9(7)13/h2-4,6H,5H2,1H3,(H,14,15)(H,16,17). The number of hydrogen-bond donors (Lipinski definition) is 2. The number of aliphatic carboxylic acids is 1. The molecule has 0 saturated heterocycles. The second kappa shape index (κ2) is 5.63. The topological polar surface area (TPSA) is 66.4 Å². The lowest BCUT2D eigenvalue weighted by atomic mass is 10.1. The summed E-state index contributed by atoms with van der Waals surface area (Å²) in [6.07, 6.45) is 0. The molecule has 1 aromatic rings. The maximum absolute atomic E-state index is 13.3. The van der Waals surface area contributed by atoms with E-state index in [1.54, 1.807) is 0 Å². The summed E-state index contributed by atoms with van der Waals surface area (Å²) in [7, 11) is 0. The van der Waals surface area contributed by atoms with Gasteiger partial charge in [-0.15, -0.1) is 0 Å². The Labute approximate surface area is 102 Å². The average Bonchev–Trinajstić information content (AvgIpc) is 2.28. The van der Waals surface area contributed by atoms with Crippen LogP contribution in [0.4, 0.5) is 4.39 Å². The van der Waals surface area contributed by atoms with Crippen LogP contribution in [-0.4, -0.2) is 17.0 Å². The van der Waals surface area contributed by atoms with Gasteiger partial charge in [0.05, 0.1) is 0 Å². The van der Waals surface area contributed by atoms with Gasteiger partial charge in [0.1, 0.15) is 11.7 Å². The number of carbonyl (C=O) groups is 2. The van der Waals surface area contributed by atoms with E-state index in [9.17, 15) is 14.0 Å². The maximum Gasteiger partial charge on any atom is 0.315 e. The third-order valence-electron chi connectivity index (χ3n) is 2.22. The van der Waals surface area contributed by atoms with Gasteiger partial charge in [0, 0.05) is 17.1 Å². The lowest BCUT2D eigenvalue weighted by Gasteiger charge is -2.09. The predicted octanol–water partition coefficient (Wildman–Crippen LogP) is 1.82. The zero-order chi connectivity index (χ0) is 13.0. The molecule has 4 nitrogen and oxygen atoms in total. The number of halogens is 2. The Morgan fingerprint density at radius 1 is 1.53 bits per heavy atom. The van der Waals surface area contributed by atoms with Gasteiger partial charge >= 0.3 is 5.97 Å². The molecule has 92 valence electrons. The molecule has 0 aliphatic carbocycles. The smallest absolute Gasteiger partial charge is 0.315 e. The van der Waals surface area contributed by atoms with Crippen LogP contribution in [0.3, 0.4) is 0 Å². The second-order valence-corrected chi connectivity index (χ2v) is 3.95. The first kappa shape index (κ1) is 13.4. The van der Waals surface area contributed by atoms with Crippen molar-refractivity contribution in [2.75, 3.05) is 0 Å². The highest BCUT2D eigenvalue weighted by Gasteiger charge is 2.20. The minimum Gasteiger partial charge on any atom is -0.481 e. The van der Waals surface area contributed by atoms with Crippen LogP contribution in [0, 0.1) is 11.7 Å². The molecular weight excluding hydrogens is 249 g/mol. The van der Waals surface area contributed by atoms with E-state index >= 15 is 0 Å². The van der Waals surface area contributed by atoms with Crippen molar-refractivity contribution in [1.82, 2.24) is 5.32 Å². The average molecular weight is 260 g/mol. The molecule has 0 heterocycles. The largest absolute Gasteiger partial charge is 0.481 e. The molecule has 2 N–H and O–H groups in total. The van der Waals surface area contributed by atoms with Crippen molar-refractivity contribution in [2.45, 2.75) is 13.5 Å². The number of carboxylic acid groups (broad SMARTS) is 1. The van der Waals surface area contributed by atoms with E-state index in [1.165, 1.54) is 25.1 Å². The van der Waals surface area contributed by atoms with E-state index in [4.69, 9.17) is 16.7 Å². The number of hydrogen-bond acceptors (Lipinski definition) is 2. The molecule has 1 amide bonds. The van der Waals surface area contributed by atoms with Crippen molar-refractivity contribution in [3.63, 3.8) is 0 Å². The molecule has 1 aromatic carbocycles. The number of carboxylic acids is 1. The molecule has 0 bridgehead atoms. The third kappa shape index (κ3) is 3.71. The van der Waals surface area contributed by atoms with Crippen LogP contribution in [0.1, 0.15) is 12.5 Å². The summed E-state index contributed by atoms with van der Waals surface area (Å²) in [6.45, 7) is 1.16. The normalized spacial score (nSPS) is 11.9. The third-order valence-corrected chi connectivity index (χ3v) is 2.46. The van der Waals surface area contributed by atoms with E-state index in [1.807, 2.05) is 0 Å². The zero-order valence-corrected chi connectivity index (χ0v) is 9.79. The van der Waals surface area contributed by atoms with E-state index in [0.29, 0.717) is 5.02 Å². The molecule has 1 rings (SSSR count). The molecule has 0 aliphatic rings. The van der Waals surface area contributed by atoms with E-state index in [0.717, 1.165) is 0 Å². The first-order valence-electron chi connectivity index (χ1n) is 4.86. The summed E-state index contributed by atoms with van der Waals surface area (Å²) in [6, 6.07) is 3.95. The van der Waals surface area contributed by atoms with Crippen LogP contribution < -0.4 is 5.32 Å². The Morgan fingerprint density at radius 2 is 2.18 bits per heavy atom. The lowest BCUT2D eigenvalue weighted by Crippen LogP contribution is -2.33. The van der Waals surface area contributed by atoms with E-state index in [-0.39, 0.29) is 12.1 Å². The number of nitrogens with one attached hydrogen (secondary N) is 1. The summed E-state index contributed by atoms with van der Waals surface area (Å²) in [5, 5.41) is 11.3. The van der Waals surface area contributed by atoms with Gasteiger partial charge < -0.3 is 10.4 Å². The fourth-order valence-electron chi connectivity index (χ4n) is 1.13. The van der Waals surface area contributed by atoms with E-state index in [2.05, 4.69) is 5.32 Å². The first-order chi connectivity index (χ1) is 7.91. The second-order valence-electron chi connectivity index (χ2n) is 3.51. The Balaban J connectivity index is 2.64. The van der Waals surface area contributed by atoms with Crippen LogP contribution in [-0.2, 0) is 16.1 Å². The molecule has 0 radical (unpaired) electrons. The summed E-state index contributed by atoms with van der Waals surface area (Å²) >= 11 is 5.67. The number of rotatable bonds is 4. The van der Waals surface area contributed by atoms with Crippen molar-refractivity contribution in [1.29, 1.82) is 0 Å². The van der Waals surface area contributed by atoms with Crippen LogP contribution in [0.15, 0.2) is 18.2 Å². The van der Waals surface area contributed by atoms with Gasteiger partial charge in [-0.1, -0.05) is 11.6 Å². The van der Waals surface area contributed by atoms with Crippen molar-refractivity contribution >= 4 is 23.5 Å². The molecule has 17 heavy (non-hydrogen) atoms. The minimum atomic E-state index is -1.23. The van der Waals surface area contributed by atoms with Gasteiger partial charge in [0.25, 0.3) is 0 Å². The van der Waals surface area contributed by atoms with Gasteiger partial charge in [-0.3, -0.25) is 9.59 Å². The van der Waals surface area contributed by atoms with Gasteiger partial charge in [-0.05, 0) is 25.1 Å². The molecular formula is C11H11ClFNO3. The SMILES string of the molecule is CC(C(=O)O)C(=O)NCc1cc(Cl)ccc1F. The molecule has 0 aliphatic heterocycles. The zero-order valence-electron chi connectivity index (χ0n) is 9.04. The predicted molar refractivity (Wildman–Crippen MR) is 60.1 cm³/mol. The first-order valence-corrected chi connectivity index (χ1v) is 5.24. The van der Waals surface area contributed by atoms with Gasteiger partial charge in [0.15, 0.2) is 0 Å². The summed E-state index contributed by atoms with van der Waals surface area (Å²) in [4.78, 5) is 21.8. The fourth-order valence-corrected chi connectivity index (χ4v) is 1.32. The van der Waals surface area contributed by atoms with Crippen molar-refractivity contribution in [3.05, 3.63) is 34.6 Å². The molecule has 0 fully saturated rings. The quantitative estimate of drug-likeness (QED) is 0.811. The number of benzene rings is 1. The fraction of sp³-hybridized carbons (Fsp3) is 0.273. The number of carbonyl (C=O) groups excluding carboxylic acids is 1. The van der Waals surface area contributed by atoms with Crippen molar-refractivity contribution in [3.8, 4) is 0 Å². The lowest BCUT2D eigenvalue weighted by molar-refractivity contribution is -0.146. The minimum absolute atomic E-state index is 0.0944. The van der Waals surface area contributed by atoms with Crippen LogP contribution in [0.2, 0.25) is 5.02 Å². The molecule has 1 atom stereocenters. The molecule has 0 saturated carbocycles. The van der Waals surface area contributed by atoms with Crippen molar-refractivity contribution < 1.29 is 19.1 Å². The summed E-state index contributed by atoms with van der Waals surface area (Å²) in [5.74, 6) is -3.57. The van der Waals surface area contributed by atoms with Crippen LogP contribution >= 0.6 is 11.6 Å². The van der Waals surface area contributed by atoms with E-state index < -0.39 is 23.6 Å². The van der Waals surface area contributed by atoms with Gasteiger partial charge in [-0.2, -0.15) is 0 Å². The Morgan fingerprint density at radius 3 is 2.76 bits per heavy atom. The van der Waals surface area contributed by atoms with Crippen LogP contribution in [0.5, 0.6) is 0 Å². The summed E-state index contributed by atoms with van der Waals surface area (Å²) < 4.78 is 13.3. The molecule has 0 spiro atoms. The summed E-state index contributed by atoms with van der Waals surface area (Å²) in [5.41, 5.74) is 0.212. The van der Waals surface area contributed by atoms with Crippen molar-refractivity contribution in [2.24, 2.45) is 5.92 Å². The molecule has 1 unspecified atom stereocenters. The molecule has 6 heteroatoms. The Hall–Kier alpha value is -1.62. The molecule has 0 aromatic heterocycles. The monoisotopic (exact) mass is 259 g/mol. The Kier molecular flexibility index (Phi) is 4.45. The van der Waals surface area contributed by atoms with Gasteiger partial charge in [0.2, 0.25) is 5.91 Å². The highest BCUT2D eigenvalue weighted by atomic mass is 35.5.